The van der Waals surface area contributed by atoms with Gasteiger partial charge in [-0.2, -0.15) is 0 Å². The largest absolute Gasteiger partial charge is 0.485 e. The first kappa shape index (κ1) is 17.2. The van der Waals surface area contributed by atoms with Gasteiger partial charge in [0.05, 0.1) is 27.9 Å². The van der Waals surface area contributed by atoms with Crippen molar-refractivity contribution in [1.29, 1.82) is 0 Å². The number of carbonyl (C=O) groups excluding carboxylic acids is 1. The Bertz CT molecular complexity index is 1110. The van der Waals surface area contributed by atoms with Gasteiger partial charge in [-0.1, -0.05) is 35.9 Å². The minimum atomic E-state index is -0.162. The van der Waals surface area contributed by atoms with Crippen LogP contribution in [0.2, 0.25) is 5.02 Å². The van der Waals surface area contributed by atoms with E-state index in [9.17, 15) is 4.79 Å². The topological polar surface area (TPSA) is 52.1 Å². The third kappa shape index (κ3) is 3.81. The van der Waals surface area contributed by atoms with Crippen molar-refractivity contribution >= 4 is 28.4 Å². The van der Waals surface area contributed by atoms with Gasteiger partial charge in [0.1, 0.15) is 5.75 Å². The molecule has 0 amide bonds. The van der Waals surface area contributed by atoms with Gasteiger partial charge in [-0.25, -0.2) is 4.98 Å². The molecule has 132 valence electrons. The molecule has 27 heavy (non-hydrogen) atoms. The Kier molecular flexibility index (Phi) is 4.81. The highest BCUT2D eigenvalue weighted by molar-refractivity contribution is 6.34. The van der Waals surface area contributed by atoms with Crippen LogP contribution >= 0.6 is 11.6 Å². The van der Waals surface area contributed by atoms with Crippen molar-refractivity contribution in [1.82, 2.24) is 9.97 Å². The second-order valence-electron chi connectivity index (χ2n) is 5.96. The SMILES string of the molecule is O=C(COc1ccc(-c2cnc3ccccc3n2)cc1)c1ccccc1Cl. The maximum atomic E-state index is 12.2. The van der Waals surface area contributed by atoms with E-state index in [1.165, 1.54) is 0 Å². The number of hydrogen-bond acceptors (Lipinski definition) is 4. The summed E-state index contributed by atoms with van der Waals surface area (Å²) >= 11 is 6.04. The van der Waals surface area contributed by atoms with Crippen LogP contribution in [0.25, 0.3) is 22.3 Å². The molecule has 0 fully saturated rings. The number of nitrogens with zero attached hydrogens (tertiary/aromatic N) is 2. The molecule has 3 aromatic carbocycles. The summed E-state index contributed by atoms with van der Waals surface area (Å²) in [5.74, 6) is 0.443. The molecule has 0 unspecified atom stereocenters. The number of hydrogen-bond donors (Lipinski definition) is 0. The maximum Gasteiger partial charge on any atom is 0.201 e. The average Bonchev–Trinajstić information content (AvgIpc) is 2.72. The highest BCUT2D eigenvalue weighted by Gasteiger charge is 2.10. The summed E-state index contributed by atoms with van der Waals surface area (Å²) in [7, 11) is 0. The van der Waals surface area contributed by atoms with Gasteiger partial charge < -0.3 is 4.74 Å². The fourth-order valence-corrected chi connectivity index (χ4v) is 2.97. The van der Waals surface area contributed by atoms with Crippen LogP contribution < -0.4 is 4.74 Å². The summed E-state index contributed by atoms with van der Waals surface area (Å²) in [6.45, 7) is -0.0706. The highest BCUT2D eigenvalue weighted by atomic mass is 35.5. The normalized spacial score (nSPS) is 10.7. The fourth-order valence-electron chi connectivity index (χ4n) is 2.73. The second kappa shape index (κ2) is 7.56. The highest BCUT2D eigenvalue weighted by Crippen LogP contribution is 2.22. The predicted molar refractivity (Wildman–Crippen MR) is 106 cm³/mol. The van der Waals surface area contributed by atoms with Gasteiger partial charge in [0, 0.05) is 11.1 Å². The Morgan fingerprint density at radius 2 is 1.59 bits per heavy atom. The van der Waals surface area contributed by atoms with Gasteiger partial charge in [-0.3, -0.25) is 9.78 Å². The van der Waals surface area contributed by atoms with Crippen molar-refractivity contribution in [3.8, 4) is 17.0 Å². The number of fused-ring (bicyclic) bond motifs is 1. The zero-order chi connectivity index (χ0) is 18.6. The molecule has 4 nitrogen and oxygen atoms in total. The number of halogens is 1. The Morgan fingerprint density at radius 1 is 0.889 bits per heavy atom. The monoisotopic (exact) mass is 374 g/mol. The van der Waals surface area contributed by atoms with Gasteiger partial charge in [0.15, 0.2) is 6.61 Å². The van der Waals surface area contributed by atoms with Crippen molar-refractivity contribution in [3.05, 3.63) is 89.6 Å². The van der Waals surface area contributed by atoms with Gasteiger partial charge in [-0.15, -0.1) is 0 Å². The average molecular weight is 375 g/mol. The first-order valence-electron chi connectivity index (χ1n) is 8.43. The number of rotatable bonds is 5. The number of aromatic nitrogens is 2. The number of carbonyl (C=O) groups is 1. The van der Waals surface area contributed by atoms with Crippen molar-refractivity contribution in [2.45, 2.75) is 0 Å². The van der Waals surface area contributed by atoms with Crippen LogP contribution in [0.5, 0.6) is 5.75 Å². The first-order chi connectivity index (χ1) is 13.2. The summed E-state index contributed by atoms with van der Waals surface area (Å²) < 4.78 is 5.59. The molecule has 0 saturated heterocycles. The van der Waals surface area contributed by atoms with Gasteiger partial charge in [0.2, 0.25) is 5.78 Å². The van der Waals surface area contributed by atoms with E-state index in [4.69, 9.17) is 16.3 Å². The van der Waals surface area contributed by atoms with Crippen LogP contribution in [-0.4, -0.2) is 22.4 Å². The molecule has 4 aromatic rings. The molecule has 0 bridgehead atoms. The molecule has 0 aliphatic heterocycles. The lowest BCUT2D eigenvalue weighted by molar-refractivity contribution is 0.0921. The molecular formula is C22H15ClN2O2. The second-order valence-corrected chi connectivity index (χ2v) is 6.37. The van der Waals surface area contributed by atoms with E-state index in [1.54, 1.807) is 30.5 Å². The third-order valence-electron chi connectivity index (χ3n) is 4.14. The first-order valence-corrected chi connectivity index (χ1v) is 8.81. The quantitative estimate of drug-likeness (QED) is 0.450. The lowest BCUT2D eigenvalue weighted by Crippen LogP contribution is -2.12. The summed E-state index contributed by atoms with van der Waals surface area (Å²) in [5.41, 5.74) is 3.88. The van der Waals surface area contributed by atoms with E-state index < -0.39 is 0 Å². The molecule has 0 saturated carbocycles. The van der Waals surface area contributed by atoms with Crippen molar-refractivity contribution in [2.75, 3.05) is 6.61 Å². The van der Waals surface area contributed by atoms with Crippen molar-refractivity contribution < 1.29 is 9.53 Å². The molecule has 0 N–H and O–H groups in total. The molecule has 0 radical (unpaired) electrons. The minimum absolute atomic E-state index is 0.0706. The molecule has 0 aliphatic rings. The summed E-state index contributed by atoms with van der Waals surface area (Å²) in [5, 5.41) is 0.427. The van der Waals surface area contributed by atoms with E-state index in [0.717, 1.165) is 22.3 Å². The van der Waals surface area contributed by atoms with E-state index >= 15 is 0 Å². The summed E-state index contributed by atoms with van der Waals surface area (Å²) in [4.78, 5) is 21.3. The van der Waals surface area contributed by atoms with E-state index in [1.807, 2.05) is 48.5 Å². The lowest BCUT2D eigenvalue weighted by atomic mass is 10.1. The predicted octanol–water partition coefficient (Wildman–Crippen LogP) is 5.21. The van der Waals surface area contributed by atoms with Crippen LogP contribution in [0.3, 0.4) is 0 Å². The zero-order valence-corrected chi connectivity index (χ0v) is 15.1. The lowest BCUT2D eigenvalue weighted by Gasteiger charge is -2.08. The third-order valence-corrected chi connectivity index (χ3v) is 4.47. The Labute approximate surface area is 161 Å². The molecule has 1 aromatic heterocycles. The molecule has 0 aliphatic carbocycles. The van der Waals surface area contributed by atoms with Crippen LogP contribution in [0.1, 0.15) is 10.4 Å². The van der Waals surface area contributed by atoms with Crippen LogP contribution in [0, 0.1) is 0 Å². The van der Waals surface area contributed by atoms with E-state index in [-0.39, 0.29) is 12.4 Å². The van der Waals surface area contributed by atoms with Crippen LogP contribution in [-0.2, 0) is 0 Å². The Balaban J connectivity index is 1.47. The van der Waals surface area contributed by atoms with Gasteiger partial charge in [0.25, 0.3) is 0 Å². The summed E-state index contributed by atoms with van der Waals surface area (Å²) in [6.07, 6.45) is 1.75. The smallest absolute Gasteiger partial charge is 0.201 e. The standard InChI is InChI=1S/C22H15ClN2O2/c23-18-6-2-1-5-17(18)22(26)14-27-16-11-9-15(10-12-16)21-13-24-19-7-3-4-8-20(19)25-21/h1-13H,14H2. The maximum absolute atomic E-state index is 12.2. The van der Waals surface area contributed by atoms with Gasteiger partial charge >= 0.3 is 0 Å². The number of para-hydroxylation sites is 2. The number of benzene rings is 3. The van der Waals surface area contributed by atoms with E-state index in [0.29, 0.717) is 16.3 Å². The number of Topliss-reactive ketones (excluding diaryl/α,β-unsaturated/α-hetero) is 1. The van der Waals surface area contributed by atoms with Gasteiger partial charge in [-0.05, 0) is 48.5 Å². The molecule has 5 heteroatoms. The van der Waals surface area contributed by atoms with Crippen LogP contribution in [0.4, 0.5) is 0 Å². The number of ether oxygens (including phenoxy) is 1. The molecule has 4 rings (SSSR count). The molecular weight excluding hydrogens is 360 g/mol. The van der Waals surface area contributed by atoms with Crippen molar-refractivity contribution in [2.24, 2.45) is 0 Å². The van der Waals surface area contributed by atoms with Crippen molar-refractivity contribution in [3.63, 3.8) is 0 Å². The number of ketones is 1. The van der Waals surface area contributed by atoms with Crippen LogP contribution in [0.15, 0.2) is 79.0 Å². The van der Waals surface area contributed by atoms with E-state index in [2.05, 4.69) is 9.97 Å². The Morgan fingerprint density at radius 3 is 2.37 bits per heavy atom. The minimum Gasteiger partial charge on any atom is -0.485 e. The Hall–Kier alpha value is -3.24. The zero-order valence-electron chi connectivity index (χ0n) is 14.3. The molecule has 1 heterocycles. The fraction of sp³-hybridized carbons (Fsp3) is 0.0455. The molecule has 0 spiro atoms. The molecule has 0 atom stereocenters. The summed E-state index contributed by atoms with van der Waals surface area (Å²) in [6, 6.07) is 22.1.